The second-order valence-electron chi connectivity index (χ2n) is 9.57. The number of aromatic nitrogens is 1. The van der Waals surface area contributed by atoms with Crippen LogP contribution in [0.5, 0.6) is 0 Å². The first-order valence-corrected chi connectivity index (χ1v) is 11.8. The van der Waals surface area contributed by atoms with Crippen LogP contribution in [0, 0.1) is 0 Å². The van der Waals surface area contributed by atoms with Gasteiger partial charge in [0.2, 0.25) is 0 Å². The molecule has 1 aromatic heterocycles. The Labute approximate surface area is 188 Å². The number of anilines is 1. The van der Waals surface area contributed by atoms with Crippen LogP contribution in [0.15, 0.2) is 35.7 Å². The standard InChI is InChI=1S/C24H32N4O2S/c1-23(2)12-18(13-24(3,4)30-23)16-7-9-17(10-8-16)21-27-20(15-31-21)28-22(29)26-19-6-5-11-25-14-19/h7-10,12,15,19,25H,5-6,11,13-14H2,1-4H3,(H2,26,28,29)/t19-/m0/s1. The number of carbonyl (C=O) groups excluding carboxylic acids is 1. The molecule has 0 aliphatic carbocycles. The quantitative estimate of drug-likeness (QED) is 0.622. The normalized spacial score (nSPS) is 22.5. The minimum Gasteiger partial charge on any atom is -0.365 e. The average Bonchev–Trinajstić information content (AvgIpc) is 3.15. The maximum Gasteiger partial charge on any atom is 0.320 e. The van der Waals surface area contributed by atoms with Crippen LogP contribution >= 0.6 is 11.3 Å². The molecule has 6 nitrogen and oxygen atoms in total. The van der Waals surface area contributed by atoms with Gasteiger partial charge in [0.1, 0.15) is 10.8 Å². The van der Waals surface area contributed by atoms with Crippen molar-refractivity contribution in [1.82, 2.24) is 15.6 Å². The van der Waals surface area contributed by atoms with E-state index in [1.165, 1.54) is 22.5 Å². The zero-order chi connectivity index (χ0) is 22.1. The van der Waals surface area contributed by atoms with Crippen LogP contribution < -0.4 is 16.0 Å². The maximum absolute atomic E-state index is 12.2. The van der Waals surface area contributed by atoms with Crippen LogP contribution in [0.3, 0.4) is 0 Å². The minimum atomic E-state index is -0.278. The van der Waals surface area contributed by atoms with Gasteiger partial charge in [-0.15, -0.1) is 11.3 Å². The Kier molecular flexibility index (Phi) is 6.19. The van der Waals surface area contributed by atoms with Gasteiger partial charge in [-0.1, -0.05) is 24.3 Å². The lowest BCUT2D eigenvalue weighted by Crippen LogP contribution is -2.47. The molecule has 2 aliphatic heterocycles. The van der Waals surface area contributed by atoms with Crippen molar-refractivity contribution in [2.24, 2.45) is 0 Å². The van der Waals surface area contributed by atoms with Crippen molar-refractivity contribution < 1.29 is 9.53 Å². The molecule has 1 atom stereocenters. The molecule has 0 bridgehead atoms. The summed E-state index contributed by atoms with van der Waals surface area (Å²) in [5.74, 6) is 0.584. The fraction of sp³-hybridized carbons (Fsp3) is 0.500. The maximum atomic E-state index is 12.2. The molecule has 1 fully saturated rings. The van der Waals surface area contributed by atoms with Gasteiger partial charge < -0.3 is 15.4 Å². The van der Waals surface area contributed by atoms with E-state index in [1.807, 2.05) is 5.38 Å². The van der Waals surface area contributed by atoms with Crippen LogP contribution in [-0.2, 0) is 4.74 Å². The van der Waals surface area contributed by atoms with Gasteiger partial charge in [0.15, 0.2) is 0 Å². The van der Waals surface area contributed by atoms with Gasteiger partial charge in [0, 0.05) is 30.0 Å². The summed E-state index contributed by atoms with van der Waals surface area (Å²) in [7, 11) is 0. The lowest BCUT2D eigenvalue weighted by atomic mass is 9.86. The molecule has 4 rings (SSSR count). The van der Waals surface area contributed by atoms with Crippen LogP contribution in [0.4, 0.5) is 10.6 Å². The van der Waals surface area contributed by atoms with E-state index in [2.05, 4.69) is 79.0 Å². The largest absolute Gasteiger partial charge is 0.365 e. The fourth-order valence-corrected chi connectivity index (χ4v) is 5.25. The number of benzene rings is 1. The van der Waals surface area contributed by atoms with Crippen LogP contribution in [-0.4, -0.2) is 41.3 Å². The van der Waals surface area contributed by atoms with Gasteiger partial charge >= 0.3 is 6.03 Å². The second kappa shape index (κ2) is 8.73. The molecule has 166 valence electrons. The summed E-state index contributed by atoms with van der Waals surface area (Å²) >= 11 is 1.53. The Hall–Kier alpha value is -2.22. The number of urea groups is 1. The molecule has 1 aromatic carbocycles. The van der Waals surface area contributed by atoms with Crippen molar-refractivity contribution in [3.8, 4) is 10.6 Å². The summed E-state index contributed by atoms with van der Waals surface area (Å²) in [6, 6.07) is 8.47. The predicted octanol–water partition coefficient (Wildman–Crippen LogP) is 5.04. The molecule has 3 heterocycles. The van der Waals surface area contributed by atoms with Gasteiger partial charge in [-0.25, -0.2) is 9.78 Å². The molecule has 2 aliphatic rings. The van der Waals surface area contributed by atoms with Crippen molar-refractivity contribution in [2.75, 3.05) is 18.4 Å². The fourth-order valence-electron chi connectivity index (χ4n) is 4.50. The van der Waals surface area contributed by atoms with E-state index in [-0.39, 0.29) is 23.3 Å². The van der Waals surface area contributed by atoms with Crippen molar-refractivity contribution in [3.05, 3.63) is 41.3 Å². The number of rotatable bonds is 4. The highest BCUT2D eigenvalue weighted by Crippen LogP contribution is 2.38. The Morgan fingerprint density at radius 3 is 2.61 bits per heavy atom. The Morgan fingerprint density at radius 2 is 1.94 bits per heavy atom. The Balaban J connectivity index is 1.41. The van der Waals surface area contributed by atoms with Crippen LogP contribution in [0.25, 0.3) is 16.1 Å². The summed E-state index contributed by atoms with van der Waals surface area (Å²) in [6.07, 6.45) is 5.19. The molecular formula is C24H32N4O2S. The molecular weight excluding hydrogens is 408 g/mol. The summed E-state index contributed by atoms with van der Waals surface area (Å²) in [5, 5.41) is 11.9. The number of nitrogens with one attached hydrogen (secondary N) is 3. The molecule has 0 unspecified atom stereocenters. The number of piperidine rings is 1. The third-order valence-corrected chi connectivity index (χ3v) is 6.45. The molecule has 7 heteroatoms. The predicted molar refractivity (Wildman–Crippen MR) is 127 cm³/mol. The molecule has 0 radical (unpaired) electrons. The van der Waals surface area contributed by atoms with Crippen LogP contribution in [0.1, 0.15) is 52.5 Å². The number of thiazole rings is 1. The number of ether oxygens (including phenoxy) is 1. The first-order valence-electron chi connectivity index (χ1n) is 11.0. The lowest BCUT2D eigenvalue weighted by molar-refractivity contribution is -0.100. The number of carbonyl (C=O) groups is 1. The van der Waals surface area contributed by atoms with Crippen LogP contribution in [0.2, 0.25) is 0 Å². The number of nitrogens with zero attached hydrogens (tertiary/aromatic N) is 1. The number of amides is 2. The summed E-state index contributed by atoms with van der Waals surface area (Å²) < 4.78 is 6.16. The minimum absolute atomic E-state index is 0.175. The topological polar surface area (TPSA) is 75.3 Å². The molecule has 3 N–H and O–H groups in total. The third-order valence-electron chi connectivity index (χ3n) is 5.56. The highest BCUT2D eigenvalue weighted by atomic mass is 32.1. The molecule has 0 spiro atoms. The number of hydrogen-bond donors (Lipinski definition) is 3. The van der Waals surface area contributed by atoms with E-state index in [0.717, 1.165) is 42.9 Å². The number of hydrogen-bond acceptors (Lipinski definition) is 5. The van der Waals surface area contributed by atoms with Gasteiger partial charge in [-0.2, -0.15) is 0 Å². The second-order valence-corrected chi connectivity index (χ2v) is 10.4. The van der Waals surface area contributed by atoms with E-state index in [9.17, 15) is 4.79 Å². The Morgan fingerprint density at radius 1 is 1.19 bits per heavy atom. The van der Waals surface area contributed by atoms with E-state index in [0.29, 0.717) is 5.82 Å². The molecule has 2 aromatic rings. The smallest absolute Gasteiger partial charge is 0.320 e. The molecule has 0 saturated carbocycles. The van der Waals surface area contributed by atoms with Gasteiger partial charge in [0.05, 0.1) is 11.2 Å². The Bertz CT molecular complexity index is 956. The molecule has 2 amide bonds. The highest BCUT2D eigenvalue weighted by Gasteiger charge is 2.34. The zero-order valence-electron chi connectivity index (χ0n) is 18.7. The van der Waals surface area contributed by atoms with Gasteiger partial charge in [0.25, 0.3) is 0 Å². The summed E-state index contributed by atoms with van der Waals surface area (Å²) in [6.45, 7) is 10.3. The van der Waals surface area contributed by atoms with Gasteiger partial charge in [-0.05, 0) is 64.3 Å². The van der Waals surface area contributed by atoms with Crippen molar-refractivity contribution in [3.63, 3.8) is 0 Å². The van der Waals surface area contributed by atoms with Gasteiger partial charge in [-0.3, -0.25) is 5.32 Å². The van der Waals surface area contributed by atoms with Crippen molar-refractivity contribution in [2.45, 2.75) is 64.2 Å². The highest BCUT2D eigenvalue weighted by molar-refractivity contribution is 7.13. The first kappa shape index (κ1) is 22.0. The van der Waals surface area contributed by atoms with E-state index >= 15 is 0 Å². The zero-order valence-corrected chi connectivity index (χ0v) is 19.6. The van der Waals surface area contributed by atoms with Crippen molar-refractivity contribution >= 4 is 28.8 Å². The average molecular weight is 441 g/mol. The van der Waals surface area contributed by atoms with E-state index < -0.39 is 0 Å². The summed E-state index contributed by atoms with van der Waals surface area (Å²) in [4.78, 5) is 16.8. The first-order chi connectivity index (χ1) is 14.7. The van der Waals surface area contributed by atoms with Crippen molar-refractivity contribution in [1.29, 1.82) is 0 Å². The lowest BCUT2D eigenvalue weighted by Gasteiger charge is -2.40. The molecule has 31 heavy (non-hydrogen) atoms. The van der Waals surface area contributed by atoms with E-state index in [1.54, 1.807) is 0 Å². The SMILES string of the molecule is CC1(C)C=C(c2ccc(-c3nc(NC(=O)N[C@H]4CCCNC4)cs3)cc2)CC(C)(C)O1. The third kappa shape index (κ3) is 5.73. The monoisotopic (exact) mass is 440 g/mol. The molecule has 1 saturated heterocycles. The van der Waals surface area contributed by atoms with E-state index in [4.69, 9.17) is 4.74 Å². The summed E-state index contributed by atoms with van der Waals surface area (Å²) in [5.41, 5.74) is 3.10.